The van der Waals surface area contributed by atoms with E-state index in [1.807, 2.05) is 20.1 Å². The van der Waals surface area contributed by atoms with Crippen molar-refractivity contribution in [1.82, 2.24) is 14.3 Å². The molecule has 8 heteroatoms. The summed E-state index contributed by atoms with van der Waals surface area (Å²) in [5, 5.41) is 0.758. The van der Waals surface area contributed by atoms with Gasteiger partial charge in [0, 0.05) is 37.4 Å². The molecule has 0 N–H and O–H groups in total. The number of hydrogen-bond acceptors (Lipinski definition) is 6. The Bertz CT molecular complexity index is 596. The minimum absolute atomic E-state index is 0.510. The molecule has 0 radical (unpaired) electrons. The van der Waals surface area contributed by atoms with Gasteiger partial charge in [0.15, 0.2) is 5.16 Å². The van der Waals surface area contributed by atoms with Gasteiger partial charge in [-0.05, 0) is 20.1 Å². The van der Waals surface area contributed by atoms with Crippen molar-refractivity contribution < 1.29 is 8.42 Å². The summed E-state index contributed by atoms with van der Waals surface area (Å²) in [5.74, 6) is 0.926. The van der Waals surface area contributed by atoms with Gasteiger partial charge in [-0.25, -0.2) is 18.4 Å². The van der Waals surface area contributed by atoms with E-state index >= 15 is 0 Å². The average molecular weight is 316 g/mol. The first kappa shape index (κ1) is 15.5. The summed E-state index contributed by atoms with van der Waals surface area (Å²) in [6.07, 6.45) is 3.21. The molecule has 0 spiro atoms. The lowest BCUT2D eigenvalue weighted by atomic mass is 10.2. The molecular weight excluding hydrogens is 296 g/mol. The lowest BCUT2D eigenvalue weighted by Gasteiger charge is -2.34. The van der Waals surface area contributed by atoms with Crippen LogP contribution in [0.3, 0.4) is 0 Å². The van der Waals surface area contributed by atoms with Crippen LogP contribution in [-0.2, 0) is 10.0 Å². The first-order valence-corrected chi connectivity index (χ1v) is 9.49. The number of hydrogen-bond donors (Lipinski definition) is 0. The van der Waals surface area contributed by atoms with Crippen LogP contribution in [0.15, 0.2) is 5.16 Å². The highest BCUT2D eigenvalue weighted by Crippen LogP contribution is 2.24. The summed E-state index contributed by atoms with van der Waals surface area (Å²) in [5.41, 5.74) is 2.04. The molecule has 0 aliphatic carbocycles. The van der Waals surface area contributed by atoms with Crippen LogP contribution in [0.5, 0.6) is 0 Å². The maximum atomic E-state index is 11.5. The molecule has 1 aromatic rings. The monoisotopic (exact) mass is 316 g/mol. The molecule has 1 aliphatic rings. The zero-order valence-corrected chi connectivity index (χ0v) is 13.9. The zero-order chi connectivity index (χ0) is 14.9. The van der Waals surface area contributed by atoms with Crippen LogP contribution in [0.2, 0.25) is 0 Å². The van der Waals surface area contributed by atoms with Crippen molar-refractivity contribution >= 4 is 27.6 Å². The molecule has 0 atom stereocenters. The van der Waals surface area contributed by atoms with E-state index in [2.05, 4.69) is 14.9 Å². The SMILES string of the molecule is CSc1nc(C)c(C)c(N2CCN(S(C)(=O)=O)CC2)n1. The summed E-state index contributed by atoms with van der Waals surface area (Å²) in [7, 11) is -3.09. The highest BCUT2D eigenvalue weighted by atomic mass is 32.2. The fourth-order valence-corrected chi connectivity index (χ4v) is 3.45. The van der Waals surface area contributed by atoms with Crippen molar-refractivity contribution in [3.8, 4) is 0 Å². The number of rotatable bonds is 3. The first-order valence-electron chi connectivity index (χ1n) is 6.42. The Kier molecular flexibility index (Phi) is 4.55. The van der Waals surface area contributed by atoms with Gasteiger partial charge in [-0.1, -0.05) is 11.8 Å². The van der Waals surface area contributed by atoms with Crippen LogP contribution in [0.4, 0.5) is 5.82 Å². The molecule has 112 valence electrons. The van der Waals surface area contributed by atoms with Gasteiger partial charge in [0.05, 0.1) is 6.26 Å². The Balaban J connectivity index is 2.21. The molecule has 1 fully saturated rings. The predicted octanol–water partition coefficient (Wildman–Crippen LogP) is 0.897. The van der Waals surface area contributed by atoms with Crippen LogP contribution < -0.4 is 4.90 Å². The van der Waals surface area contributed by atoms with Crippen LogP contribution in [0.25, 0.3) is 0 Å². The average Bonchev–Trinajstić information content (AvgIpc) is 2.41. The quantitative estimate of drug-likeness (QED) is 0.610. The maximum absolute atomic E-state index is 11.5. The molecule has 6 nitrogen and oxygen atoms in total. The van der Waals surface area contributed by atoms with E-state index < -0.39 is 10.0 Å². The molecule has 1 aliphatic heterocycles. The minimum Gasteiger partial charge on any atom is -0.354 e. The van der Waals surface area contributed by atoms with E-state index in [4.69, 9.17) is 0 Å². The second kappa shape index (κ2) is 5.87. The van der Waals surface area contributed by atoms with Gasteiger partial charge in [-0.2, -0.15) is 4.31 Å². The molecule has 0 bridgehead atoms. The van der Waals surface area contributed by atoms with Crippen molar-refractivity contribution in [1.29, 1.82) is 0 Å². The van der Waals surface area contributed by atoms with Crippen LogP contribution in [0.1, 0.15) is 11.3 Å². The number of thioether (sulfide) groups is 1. The van der Waals surface area contributed by atoms with Gasteiger partial charge in [0.1, 0.15) is 5.82 Å². The second-order valence-electron chi connectivity index (χ2n) is 4.89. The van der Waals surface area contributed by atoms with Crippen LogP contribution in [0, 0.1) is 13.8 Å². The summed E-state index contributed by atoms with van der Waals surface area (Å²) < 4.78 is 24.6. The third-order valence-electron chi connectivity index (χ3n) is 3.53. The topological polar surface area (TPSA) is 66.4 Å². The molecule has 0 unspecified atom stereocenters. The van der Waals surface area contributed by atoms with E-state index in [1.165, 1.54) is 22.3 Å². The van der Waals surface area contributed by atoms with Crippen molar-refractivity contribution in [2.24, 2.45) is 0 Å². The maximum Gasteiger partial charge on any atom is 0.211 e. The smallest absolute Gasteiger partial charge is 0.211 e. The van der Waals surface area contributed by atoms with Gasteiger partial charge in [-0.3, -0.25) is 0 Å². The lowest BCUT2D eigenvalue weighted by Crippen LogP contribution is -2.48. The second-order valence-corrected chi connectivity index (χ2v) is 7.65. The molecule has 0 aromatic carbocycles. The largest absolute Gasteiger partial charge is 0.354 e. The Labute approximate surface area is 124 Å². The highest BCUT2D eigenvalue weighted by molar-refractivity contribution is 7.98. The molecule has 1 saturated heterocycles. The van der Waals surface area contributed by atoms with Gasteiger partial charge >= 0.3 is 0 Å². The van der Waals surface area contributed by atoms with E-state index in [1.54, 1.807) is 0 Å². The van der Waals surface area contributed by atoms with Gasteiger partial charge in [0.25, 0.3) is 0 Å². The molecular formula is C12H20N4O2S2. The number of nitrogens with zero attached hydrogens (tertiary/aromatic N) is 4. The molecule has 0 saturated carbocycles. The fraction of sp³-hybridized carbons (Fsp3) is 0.667. The lowest BCUT2D eigenvalue weighted by molar-refractivity contribution is 0.386. The van der Waals surface area contributed by atoms with Gasteiger partial charge < -0.3 is 4.90 Å². The third-order valence-corrected chi connectivity index (χ3v) is 5.38. The number of aryl methyl sites for hydroxylation is 1. The molecule has 2 rings (SSSR count). The van der Waals surface area contributed by atoms with Crippen molar-refractivity contribution in [2.75, 3.05) is 43.6 Å². The Hall–Kier alpha value is -0.860. The molecule has 1 aromatic heterocycles. The number of sulfonamides is 1. The normalized spacial score (nSPS) is 17.5. The summed E-state index contributed by atoms with van der Waals surface area (Å²) >= 11 is 1.52. The number of piperazine rings is 1. The molecule has 20 heavy (non-hydrogen) atoms. The zero-order valence-electron chi connectivity index (χ0n) is 12.3. The molecule has 0 amide bonds. The first-order chi connectivity index (χ1) is 9.32. The van der Waals surface area contributed by atoms with Crippen molar-refractivity contribution in [3.05, 3.63) is 11.3 Å². The third kappa shape index (κ3) is 3.24. The van der Waals surface area contributed by atoms with Gasteiger partial charge in [0.2, 0.25) is 10.0 Å². The predicted molar refractivity (Wildman–Crippen MR) is 81.9 cm³/mol. The van der Waals surface area contributed by atoms with Crippen molar-refractivity contribution in [3.63, 3.8) is 0 Å². The van der Waals surface area contributed by atoms with E-state index in [0.717, 1.165) is 22.2 Å². The standard InChI is InChI=1S/C12H20N4O2S2/c1-9-10(2)13-12(19-3)14-11(9)15-5-7-16(8-6-15)20(4,17)18/h5-8H2,1-4H3. The number of anilines is 1. The molecule has 2 heterocycles. The van der Waals surface area contributed by atoms with E-state index in [0.29, 0.717) is 26.2 Å². The van der Waals surface area contributed by atoms with Gasteiger partial charge in [-0.15, -0.1) is 0 Å². The summed E-state index contributed by atoms with van der Waals surface area (Å²) in [6.45, 7) is 6.34. The Morgan fingerprint density at radius 3 is 2.20 bits per heavy atom. The van der Waals surface area contributed by atoms with Crippen LogP contribution >= 0.6 is 11.8 Å². The van der Waals surface area contributed by atoms with Crippen LogP contribution in [-0.4, -0.2) is 61.4 Å². The fourth-order valence-electron chi connectivity index (χ4n) is 2.22. The van der Waals surface area contributed by atoms with E-state index in [9.17, 15) is 8.42 Å². The minimum atomic E-state index is -3.09. The Morgan fingerprint density at radius 2 is 1.70 bits per heavy atom. The Morgan fingerprint density at radius 1 is 1.10 bits per heavy atom. The van der Waals surface area contributed by atoms with Crippen molar-refractivity contribution in [2.45, 2.75) is 19.0 Å². The highest BCUT2D eigenvalue weighted by Gasteiger charge is 2.25. The summed E-state index contributed by atoms with van der Waals surface area (Å²) in [4.78, 5) is 11.1. The summed E-state index contributed by atoms with van der Waals surface area (Å²) in [6, 6.07) is 0. The van der Waals surface area contributed by atoms with E-state index in [-0.39, 0.29) is 0 Å². The number of aromatic nitrogens is 2.